The Morgan fingerprint density at radius 1 is 1.32 bits per heavy atom. The van der Waals surface area contributed by atoms with Crippen LogP contribution in [0.15, 0.2) is 30.3 Å². The number of aryl methyl sites for hydroxylation is 1. The average Bonchev–Trinajstić information content (AvgIpc) is 2.85. The fourth-order valence-electron chi connectivity index (χ4n) is 1.62. The summed E-state index contributed by atoms with van der Waals surface area (Å²) in [6, 6.07) is 8.33. The highest BCUT2D eigenvalue weighted by atomic mass is 32.1. The van der Waals surface area contributed by atoms with Gasteiger partial charge in [0.1, 0.15) is 12.4 Å². The lowest BCUT2D eigenvalue weighted by molar-refractivity contribution is 0.293. The van der Waals surface area contributed by atoms with Crippen LogP contribution in [0.2, 0.25) is 0 Å². The van der Waals surface area contributed by atoms with Crippen molar-refractivity contribution in [2.24, 2.45) is 5.73 Å². The van der Waals surface area contributed by atoms with Gasteiger partial charge in [0.2, 0.25) is 0 Å². The van der Waals surface area contributed by atoms with Crippen LogP contribution in [-0.4, -0.2) is 5.84 Å². The molecule has 0 aliphatic heterocycles. The number of hydrogen-bond acceptors (Lipinski definition) is 3. The van der Waals surface area contributed by atoms with E-state index in [0.717, 1.165) is 11.3 Å². The number of thiophene rings is 1. The number of ether oxygens (including phenoxy) is 1. The maximum Gasteiger partial charge on any atom is 0.165 e. The van der Waals surface area contributed by atoms with Crippen LogP contribution >= 0.6 is 11.3 Å². The first kappa shape index (κ1) is 13.5. The lowest BCUT2D eigenvalue weighted by atomic mass is 10.2. The first-order valence-electron chi connectivity index (χ1n) is 5.94. The monoisotopic (exact) mass is 278 g/mol. The lowest BCUT2D eigenvalue weighted by Gasteiger charge is -2.07. The molecule has 0 aliphatic rings. The van der Waals surface area contributed by atoms with Crippen molar-refractivity contribution in [3.63, 3.8) is 0 Å². The highest BCUT2D eigenvalue weighted by Crippen LogP contribution is 2.22. The summed E-state index contributed by atoms with van der Waals surface area (Å²) in [4.78, 5) is 2.35. The fourth-order valence-corrected chi connectivity index (χ4v) is 2.50. The SMILES string of the molecule is CCc1ccc(COc2ccc(C(=N)N)cc2F)s1. The molecule has 0 amide bonds. The number of hydrogen-bond donors (Lipinski definition) is 2. The molecular weight excluding hydrogens is 263 g/mol. The van der Waals surface area contributed by atoms with Gasteiger partial charge < -0.3 is 10.5 Å². The number of benzene rings is 1. The Morgan fingerprint density at radius 3 is 2.63 bits per heavy atom. The molecule has 100 valence electrons. The number of nitrogens with two attached hydrogens (primary N) is 1. The van der Waals surface area contributed by atoms with E-state index < -0.39 is 5.82 Å². The molecule has 5 heteroatoms. The van der Waals surface area contributed by atoms with E-state index in [4.69, 9.17) is 15.9 Å². The summed E-state index contributed by atoms with van der Waals surface area (Å²) in [6.07, 6.45) is 0.992. The summed E-state index contributed by atoms with van der Waals surface area (Å²) in [5.74, 6) is -0.479. The van der Waals surface area contributed by atoms with Crippen molar-refractivity contribution >= 4 is 17.2 Å². The van der Waals surface area contributed by atoms with Gasteiger partial charge in [0.15, 0.2) is 11.6 Å². The molecule has 1 aromatic heterocycles. The van der Waals surface area contributed by atoms with Gasteiger partial charge in [-0.1, -0.05) is 6.92 Å². The van der Waals surface area contributed by atoms with Crippen molar-refractivity contribution < 1.29 is 9.13 Å². The van der Waals surface area contributed by atoms with Gasteiger partial charge in [0, 0.05) is 15.3 Å². The molecule has 0 saturated heterocycles. The molecule has 0 atom stereocenters. The third-order valence-electron chi connectivity index (χ3n) is 2.68. The zero-order valence-electron chi connectivity index (χ0n) is 10.6. The highest BCUT2D eigenvalue weighted by molar-refractivity contribution is 7.11. The van der Waals surface area contributed by atoms with Crippen LogP contribution in [0.3, 0.4) is 0 Å². The van der Waals surface area contributed by atoms with E-state index in [9.17, 15) is 4.39 Å². The van der Waals surface area contributed by atoms with Crippen molar-refractivity contribution in [2.75, 3.05) is 0 Å². The van der Waals surface area contributed by atoms with Gasteiger partial charge in [-0.2, -0.15) is 0 Å². The maximum atomic E-state index is 13.7. The lowest BCUT2D eigenvalue weighted by Crippen LogP contribution is -2.11. The Morgan fingerprint density at radius 2 is 2.05 bits per heavy atom. The number of nitrogens with one attached hydrogen (secondary N) is 1. The molecule has 0 aliphatic carbocycles. The summed E-state index contributed by atoms with van der Waals surface area (Å²) in [6.45, 7) is 2.44. The normalized spacial score (nSPS) is 10.4. The predicted molar refractivity (Wildman–Crippen MR) is 75.4 cm³/mol. The van der Waals surface area contributed by atoms with Gasteiger partial charge in [0.05, 0.1) is 0 Å². The molecule has 0 saturated carbocycles. The van der Waals surface area contributed by atoms with Crippen molar-refractivity contribution in [3.05, 3.63) is 51.5 Å². The van der Waals surface area contributed by atoms with E-state index in [1.54, 1.807) is 17.4 Å². The van der Waals surface area contributed by atoms with Crippen molar-refractivity contribution in [1.82, 2.24) is 0 Å². The smallest absolute Gasteiger partial charge is 0.165 e. The maximum absolute atomic E-state index is 13.7. The zero-order valence-corrected chi connectivity index (χ0v) is 11.4. The van der Waals surface area contributed by atoms with E-state index >= 15 is 0 Å². The van der Waals surface area contributed by atoms with E-state index in [0.29, 0.717) is 12.2 Å². The predicted octanol–water partition coefficient (Wildman–Crippen LogP) is 3.31. The van der Waals surface area contributed by atoms with Crippen LogP contribution < -0.4 is 10.5 Å². The van der Waals surface area contributed by atoms with E-state index in [1.165, 1.54) is 17.0 Å². The fraction of sp³-hybridized carbons (Fsp3) is 0.214. The molecule has 2 rings (SSSR count). The molecule has 3 N–H and O–H groups in total. The Balaban J connectivity index is 2.05. The number of nitrogen functional groups attached to an aromatic ring is 1. The Bertz CT molecular complexity index is 595. The number of amidine groups is 1. The van der Waals surface area contributed by atoms with Gasteiger partial charge in [-0.05, 0) is 36.8 Å². The van der Waals surface area contributed by atoms with Gasteiger partial charge in [0.25, 0.3) is 0 Å². The van der Waals surface area contributed by atoms with Crippen LogP contribution in [0.25, 0.3) is 0 Å². The highest BCUT2D eigenvalue weighted by Gasteiger charge is 2.07. The quantitative estimate of drug-likeness (QED) is 0.651. The van der Waals surface area contributed by atoms with Crippen molar-refractivity contribution in [2.45, 2.75) is 20.0 Å². The number of rotatable bonds is 5. The average molecular weight is 278 g/mol. The second kappa shape index (κ2) is 5.84. The first-order chi connectivity index (χ1) is 9.10. The van der Waals surface area contributed by atoms with E-state index in [-0.39, 0.29) is 11.6 Å². The Kier molecular flexibility index (Phi) is 4.16. The van der Waals surface area contributed by atoms with E-state index in [2.05, 4.69) is 13.0 Å². The molecular formula is C14H15FN2OS. The molecule has 3 nitrogen and oxygen atoms in total. The molecule has 2 aromatic rings. The topological polar surface area (TPSA) is 59.1 Å². The largest absolute Gasteiger partial charge is 0.485 e. The van der Waals surface area contributed by atoms with Crippen LogP contribution in [0.5, 0.6) is 5.75 Å². The third-order valence-corrected chi connectivity index (χ3v) is 3.88. The van der Waals surface area contributed by atoms with Crippen molar-refractivity contribution in [3.8, 4) is 5.75 Å². The zero-order chi connectivity index (χ0) is 13.8. The second-order valence-corrected chi connectivity index (χ2v) is 5.32. The summed E-state index contributed by atoms with van der Waals surface area (Å²) in [5, 5.41) is 7.23. The van der Waals surface area contributed by atoms with Gasteiger partial charge in [-0.25, -0.2) is 4.39 Å². The molecule has 0 spiro atoms. The summed E-state index contributed by atoms with van der Waals surface area (Å²) in [7, 11) is 0. The number of halogens is 1. The standard InChI is InChI=1S/C14H15FN2OS/c1-2-10-4-5-11(19-10)8-18-13-6-3-9(14(16)17)7-12(13)15/h3-7H,2,8H2,1H3,(H3,16,17). The molecule has 1 aromatic carbocycles. The molecule has 0 unspecified atom stereocenters. The minimum Gasteiger partial charge on any atom is -0.485 e. The summed E-state index contributed by atoms with van der Waals surface area (Å²) >= 11 is 1.66. The van der Waals surface area contributed by atoms with Crippen LogP contribution in [0, 0.1) is 11.2 Å². The Hall–Kier alpha value is -1.88. The summed E-state index contributed by atoms with van der Waals surface area (Å²) < 4.78 is 19.2. The third kappa shape index (κ3) is 3.32. The first-order valence-corrected chi connectivity index (χ1v) is 6.76. The molecule has 19 heavy (non-hydrogen) atoms. The minimum absolute atomic E-state index is 0.156. The van der Waals surface area contributed by atoms with Crippen LogP contribution in [0.1, 0.15) is 22.2 Å². The minimum atomic E-state index is -0.500. The van der Waals surface area contributed by atoms with Gasteiger partial charge in [-0.15, -0.1) is 11.3 Å². The van der Waals surface area contributed by atoms with Gasteiger partial charge >= 0.3 is 0 Å². The van der Waals surface area contributed by atoms with E-state index in [1.807, 2.05) is 6.07 Å². The molecule has 1 heterocycles. The van der Waals surface area contributed by atoms with Crippen LogP contribution in [0.4, 0.5) is 4.39 Å². The molecule has 0 fully saturated rings. The summed E-state index contributed by atoms with van der Waals surface area (Å²) in [5.41, 5.74) is 5.65. The van der Waals surface area contributed by atoms with Gasteiger partial charge in [-0.3, -0.25) is 5.41 Å². The Labute approximate surface area is 115 Å². The molecule has 0 bridgehead atoms. The second-order valence-electron chi connectivity index (χ2n) is 4.07. The van der Waals surface area contributed by atoms with Crippen molar-refractivity contribution in [1.29, 1.82) is 5.41 Å². The molecule has 0 radical (unpaired) electrons. The van der Waals surface area contributed by atoms with Crippen LogP contribution in [-0.2, 0) is 13.0 Å².